The van der Waals surface area contributed by atoms with Gasteiger partial charge in [0, 0.05) is 42.1 Å². The number of H-pyrrole nitrogens is 1. The Kier molecular flexibility index (Phi) is 5.54. The average Bonchev–Trinajstić information content (AvgIpc) is 3.00. The van der Waals surface area contributed by atoms with Crippen LogP contribution >= 0.6 is 0 Å². The summed E-state index contributed by atoms with van der Waals surface area (Å²) < 4.78 is 0. The van der Waals surface area contributed by atoms with Crippen LogP contribution < -0.4 is 10.6 Å². The number of carbonyl (C=O) groups is 2. The summed E-state index contributed by atoms with van der Waals surface area (Å²) in [6.07, 6.45) is 3.44. The number of carbonyl (C=O) groups excluding carboxylic acids is 2. The molecule has 0 aliphatic heterocycles. The van der Waals surface area contributed by atoms with E-state index in [2.05, 4.69) is 46.6 Å². The summed E-state index contributed by atoms with van der Waals surface area (Å²) in [4.78, 5) is 31.6. The lowest BCUT2D eigenvalue weighted by Gasteiger charge is -2.08. The monoisotopic (exact) mass is 364 g/mol. The fourth-order valence-electron chi connectivity index (χ4n) is 3.23. The number of aromatic amines is 1. The van der Waals surface area contributed by atoms with Crippen LogP contribution in [0.15, 0.2) is 36.7 Å². The molecular formula is C21H24N4O2. The van der Waals surface area contributed by atoms with E-state index in [0.29, 0.717) is 25.1 Å². The van der Waals surface area contributed by atoms with Crippen molar-refractivity contribution in [3.63, 3.8) is 0 Å². The van der Waals surface area contributed by atoms with Crippen LogP contribution in [0.1, 0.15) is 32.7 Å². The van der Waals surface area contributed by atoms with Gasteiger partial charge in [0.1, 0.15) is 0 Å². The Bertz CT molecular complexity index is 977. The zero-order chi connectivity index (χ0) is 19.4. The molecule has 0 saturated heterocycles. The van der Waals surface area contributed by atoms with Gasteiger partial charge in [-0.05, 0) is 49.6 Å². The number of aryl methyl sites for hydroxylation is 3. The smallest absolute Gasteiger partial charge is 0.252 e. The van der Waals surface area contributed by atoms with Crippen molar-refractivity contribution in [3.05, 3.63) is 64.6 Å². The molecule has 1 aromatic carbocycles. The van der Waals surface area contributed by atoms with Crippen LogP contribution in [-0.4, -0.2) is 34.9 Å². The Labute approximate surface area is 158 Å². The molecular weight excluding hydrogens is 340 g/mol. The zero-order valence-corrected chi connectivity index (χ0v) is 15.8. The Morgan fingerprint density at radius 3 is 2.52 bits per heavy atom. The molecule has 2 aromatic heterocycles. The van der Waals surface area contributed by atoms with E-state index < -0.39 is 0 Å². The van der Waals surface area contributed by atoms with Gasteiger partial charge in [0.05, 0.1) is 12.0 Å². The third-order valence-electron chi connectivity index (χ3n) is 4.68. The number of nitrogens with zero attached hydrogens (tertiary/aromatic N) is 1. The second kappa shape index (κ2) is 8.03. The number of benzene rings is 1. The minimum atomic E-state index is -0.198. The fourth-order valence-corrected chi connectivity index (χ4v) is 3.23. The first-order valence-corrected chi connectivity index (χ1v) is 8.99. The van der Waals surface area contributed by atoms with E-state index in [-0.39, 0.29) is 11.8 Å². The predicted molar refractivity (Wildman–Crippen MR) is 106 cm³/mol. The van der Waals surface area contributed by atoms with Crippen LogP contribution in [0.25, 0.3) is 10.9 Å². The number of hydrogen-bond donors (Lipinski definition) is 3. The summed E-state index contributed by atoms with van der Waals surface area (Å²) in [6, 6.07) is 7.58. The molecule has 2 amide bonds. The highest BCUT2D eigenvalue weighted by molar-refractivity contribution is 5.94. The highest BCUT2D eigenvalue weighted by Crippen LogP contribution is 2.28. The molecule has 0 radical (unpaired) electrons. The van der Waals surface area contributed by atoms with E-state index in [1.54, 1.807) is 18.3 Å². The van der Waals surface area contributed by atoms with Crippen LogP contribution in [-0.2, 0) is 11.2 Å². The third-order valence-corrected chi connectivity index (χ3v) is 4.68. The van der Waals surface area contributed by atoms with Gasteiger partial charge in [-0.1, -0.05) is 12.1 Å². The summed E-state index contributed by atoms with van der Waals surface area (Å²) in [6.45, 7) is 6.86. The van der Waals surface area contributed by atoms with Crippen LogP contribution in [0, 0.1) is 20.8 Å². The Balaban J connectivity index is 1.56. The maximum atomic E-state index is 12.4. The Morgan fingerprint density at radius 2 is 1.78 bits per heavy atom. The van der Waals surface area contributed by atoms with Crippen molar-refractivity contribution >= 4 is 22.7 Å². The van der Waals surface area contributed by atoms with E-state index in [0.717, 1.165) is 27.7 Å². The molecule has 0 spiro atoms. The maximum Gasteiger partial charge on any atom is 0.252 e. The summed E-state index contributed by atoms with van der Waals surface area (Å²) in [7, 11) is 0. The molecule has 3 N–H and O–H groups in total. The van der Waals surface area contributed by atoms with Crippen molar-refractivity contribution < 1.29 is 9.59 Å². The van der Waals surface area contributed by atoms with Crippen molar-refractivity contribution in [2.75, 3.05) is 13.1 Å². The van der Waals surface area contributed by atoms with E-state index in [1.165, 1.54) is 11.8 Å². The fraction of sp³-hybridized carbons (Fsp3) is 0.286. The lowest BCUT2D eigenvalue weighted by molar-refractivity contribution is -0.120. The van der Waals surface area contributed by atoms with Crippen molar-refractivity contribution in [2.45, 2.75) is 27.2 Å². The number of nitrogens with one attached hydrogen (secondary N) is 3. The number of hydrogen-bond acceptors (Lipinski definition) is 3. The highest BCUT2D eigenvalue weighted by atomic mass is 16.2. The van der Waals surface area contributed by atoms with Gasteiger partial charge in [-0.15, -0.1) is 0 Å². The van der Waals surface area contributed by atoms with E-state index in [1.807, 2.05) is 6.92 Å². The van der Waals surface area contributed by atoms with Gasteiger partial charge in [-0.3, -0.25) is 14.6 Å². The van der Waals surface area contributed by atoms with Crippen molar-refractivity contribution in [1.29, 1.82) is 0 Å². The summed E-state index contributed by atoms with van der Waals surface area (Å²) >= 11 is 0. The highest BCUT2D eigenvalue weighted by Gasteiger charge is 2.15. The molecule has 140 valence electrons. The van der Waals surface area contributed by atoms with Gasteiger partial charge in [-0.2, -0.15) is 0 Å². The van der Waals surface area contributed by atoms with E-state index in [9.17, 15) is 9.59 Å². The van der Waals surface area contributed by atoms with Crippen molar-refractivity contribution in [1.82, 2.24) is 20.6 Å². The maximum absolute atomic E-state index is 12.4. The molecule has 0 unspecified atom stereocenters. The zero-order valence-electron chi connectivity index (χ0n) is 15.8. The molecule has 3 rings (SSSR count). The second-order valence-electron chi connectivity index (χ2n) is 6.70. The van der Waals surface area contributed by atoms with Crippen LogP contribution in [0.5, 0.6) is 0 Å². The third kappa shape index (κ3) is 4.16. The normalized spacial score (nSPS) is 10.8. The minimum Gasteiger partial charge on any atom is -0.358 e. The van der Waals surface area contributed by atoms with Gasteiger partial charge < -0.3 is 15.6 Å². The molecule has 6 nitrogen and oxygen atoms in total. The molecule has 0 bridgehead atoms. The van der Waals surface area contributed by atoms with Gasteiger partial charge in [0.25, 0.3) is 5.91 Å². The van der Waals surface area contributed by atoms with Crippen LogP contribution in [0.3, 0.4) is 0 Å². The molecule has 2 heterocycles. The van der Waals surface area contributed by atoms with Crippen molar-refractivity contribution in [2.24, 2.45) is 0 Å². The van der Waals surface area contributed by atoms with Crippen LogP contribution in [0.4, 0.5) is 0 Å². The van der Waals surface area contributed by atoms with Crippen LogP contribution in [0.2, 0.25) is 0 Å². The molecule has 0 fully saturated rings. The first-order valence-electron chi connectivity index (χ1n) is 8.99. The number of pyridine rings is 1. The summed E-state index contributed by atoms with van der Waals surface area (Å²) in [5, 5.41) is 6.77. The number of aromatic nitrogens is 2. The quantitative estimate of drug-likeness (QED) is 0.588. The largest absolute Gasteiger partial charge is 0.358 e. The average molecular weight is 364 g/mol. The molecule has 0 atom stereocenters. The van der Waals surface area contributed by atoms with Gasteiger partial charge in [0.2, 0.25) is 5.91 Å². The lowest BCUT2D eigenvalue weighted by Crippen LogP contribution is -2.35. The molecule has 3 aromatic rings. The second-order valence-corrected chi connectivity index (χ2v) is 6.70. The molecule has 6 heteroatoms. The van der Waals surface area contributed by atoms with E-state index >= 15 is 0 Å². The first-order chi connectivity index (χ1) is 13.0. The van der Waals surface area contributed by atoms with Gasteiger partial charge >= 0.3 is 0 Å². The first kappa shape index (κ1) is 18.6. The standard InChI is InChI=1S/C21H24N4O2/c1-13-6-7-14(2)20-19(13)17(15(3)25-20)11-18(26)23-9-10-24-21(27)16-5-4-8-22-12-16/h4-8,12,25H,9-11H2,1-3H3,(H,23,26)(H,24,27). The molecule has 0 aliphatic carbocycles. The Morgan fingerprint density at radius 1 is 1.04 bits per heavy atom. The minimum absolute atomic E-state index is 0.0597. The number of fused-ring (bicyclic) bond motifs is 1. The number of amides is 2. The topological polar surface area (TPSA) is 86.9 Å². The summed E-state index contributed by atoms with van der Waals surface area (Å²) in [5.74, 6) is -0.258. The van der Waals surface area contributed by atoms with Crippen molar-refractivity contribution in [3.8, 4) is 0 Å². The predicted octanol–water partition coefficient (Wildman–Crippen LogP) is 2.58. The Hall–Kier alpha value is -3.15. The SMILES string of the molecule is Cc1[nH]c2c(C)ccc(C)c2c1CC(=O)NCCNC(=O)c1cccnc1. The lowest BCUT2D eigenvalue weighted by atomic mass is 10.0. The van der Waals surface area contributed by atoms with E-state index in [4.69, 9.17) is 0 Å². The molecule has 0 aliphatic rings. The molecule has 0 saturated carbocycles. The summed E-state index contributed by atoms with van der Waals surface area (Å²) in [5.41, 5.74) is 5.98. The molecule has 27 heavy (non-hydrogen) atoms. The van der Waals surface area contributed by atoms with Gasteiger partial charge in [0.15, 0.2) is 0 Å². The number of rotatable bonds is 6. The van der Waals surface area contributed by atoms with Gasteiger partial charge in [-0.25, -0.2) is 0 Å².